The van der Waals surface area contributed by atoms with E-state index in [9.17, 15) is 15.2 Å². The van der Waals surface area contributed by atoms with Gasteiger partial charge in [0.15, 0.2) is 10.8 Å². The number of aliphatic hydroxyl groups is 1. The van der Waals surface area contributed by atoms with Crippen molar-refractivity contribution < 1.29 is 14.8 Å². The molecule has 2 unspecified atom stereocenters. The Kier molecular flexibility index (Phi) is 4.14. The first-order chi connectivity index (χ1) is 13.1. The van der Waals surface area contributed by atoms with E-state index >= 15 is 0 Å². The minimum absolute atomic E-state index is 0.0352. The molecule has 10 heteroatoms. The van der Waals surface area contributed by atoms with Crippen LogP contribution < -0.4 is 9.80 Å². The van der Waals surface area contributed by atoms with Crippen LogP contribution in [0.1, 0.15) is 25.7 Å². The SMILES string of the molecule is O=[N+]([O-])c1cc2sc(N3CCOCC3)nc2nc1N1C2CCC1CC(O)C2. The Bertz CT molecular complexity index is 870. The van der Waals surface area contributed by atoms with Gasteiger partial charge in [-0.3, -0.25) is 10.1 Å². The van der Waals surface area contributed by atoms with Crippen molar-refractivity contribution in [1.82, 2.24) is 9.97 Å². The first-order valence-electron chi connectivity index (χ1n) is 9.35. The van der Waals surface area contributed by atoms with Crippen LogP contribution in [0, 0.1) is 10.1 Å². The minimum atomic E-state index is -0.347. The smallest absolute Gasteiger partial charge is 0.313 e. The zero-order valence-electron chi connectivity index (χ0n) is 14.8. The van der Waals surface area contributed by atoms with Crippen LogP contribution in [0.4, 0.5) is 16.6 Å². The van der Waals surface area contributed by atoms with E-state index in [4.69, 9.17) is 4.74 Å². The fourth-order valence-corrected chi connectivity index (χ4v) is 5.53. The molecular weight excluding hydrogens is 370 g/mol. The van der Waals surface area contributed by atoms with Gasteiger partial charge in [-0.15, -0.1) is 0 Å². The highest BCUT2D eigenvalue weighted by molar-refractivity contribution is 7.22. The lowest BCUT2D eigenvalue weighted by molar-refractivity contribution is -0.384. The number of morpholine rings is 1. The quantitative estimate of drug-likeness (QED) is 0.625. The maximum atomic E-state index is 11.8. The van der Waals surface area contributed by atoms with E-state index in [2.05, 4.69) is 19.8 Å². The number of thiazole rings is 1. The summed E-state index contributed by atoms with van der Waals surface area (Å²) in [6.45, 7) is 2.86. The molecule has 3 saturated heterocycles. The molecule has 0 radical (unpaired) electrons. The Hall–Kier alpha value is -2.04. The maximum Gasteiger partial charge on any atom is 0.313 e. The standard InChI is InChI=1S/C17H21N5O4S/c23-12-7-10-1-2-11(8-12)21(10)16-13(22(24)25)9-14-15(18-16)19-17(27-14)20-3-5-26-6-4-20/h9-12,23H,1-8H2. The summed E-state index contributed by atoms with van der Waals surface area (Å²) < 4.78 is 6.12. The van der Waals surface area contributed by atoms with Gasteiger partial charge in [0.2, 0.25) is 5.82 Å². The van der Waals surface area contributed by atoms with E-state index < -0.39 is 0 Å². The number of hydrogen-bond acceptors (Lipinski definition) is 9. The normalized spacial score (nSPS) is 28.1. The molecule has 5 rings (SSSR count). The highest BCUT2D eigenvalue weighted by Crippen LogP contribution is 2.43. The van der Waals surface area contributed by atoms with Crippen LogP contribution in [0.5, 0.6) is 0 Å². The second-order valence-electron chi connectivity index (χ2n) is 7.42. The number of fused-ring (bicyclic) bond motifs is 3. The summed E-state index contributed by atoms with van der Waals surface area (Å²) in [6.07, 6.45) is 2.84. The van der Waals surface area contributed by atoms with Crippen molar-refractivity contribution in [3.05, 3.63) is 16.2 Å². The number of piperidine rings is 1. The molecule has 2 atom stereocenters. The second-order valence-corrected chi connectivity index (χ2v) is 8.43. The number of hydrogen-bond donors (Lipinski definition) is 1. The lowest BCUT2D eigenvalue weighted by Gasteiger charge is -2.37. The average Bonchev–Trinajstić information content (AvgIpc) is 3.19. The van der Waals surface area contributed by atoms with Crippen LogP contribution in [0.2, 0.25) is 0 Å². The lowest BCUT2D eigenvalue weighted by atomic mass is 10.00. The van der Waals surface area contributed by atoms with Crippen molar-refractivity contribution in [2.75, 3.05) is 36.1 Å². The number of aliphatic hydroxyl groups excluding tert-OH is 1. The first kappa shape index (κ1) is 17.1. The lowest BCUT2D eigenvalue weighted by Crippen LogP contribution is -2.45. The third-order valence-corrected chi connectivity index (χ3v) is 6.82. The third-order valence-electron chi connectivity index (χ3n) is 5.76. The number of nitrogens with zero attached hydrogens (tertiary/aromatic N) is 5. The third kappa shape index (κ3) is 2.91. The molecule has 0 aliphatic carbocycles. The second kappa shape index (κ2) is 6.54. The molecule has 0 aromatic carbocycles. The maximum absolute atomic E-state index is 11.8. The summed E-state index contributed by atoms with van der Waals surface area (Å²) in [7, 11) is 0. The highest BCUT2D eigenvalue weighted by Gasteiger charge is 2.43. The molecule has 2 aromatic rings. The Labute approximate surface area is 159 Å². The van der Waals surface area contributed by atoms with Gasteiger partial charge < -0.3 is 19.6 Å². The monoisotopic (exact) mass is 391 g/mol. The van der Waals surface area contributed by atoms with E-state index in [-0.39, 0.29) is 28.8 Å². The Balaban J connectivity index is 1.57. The fraction of sp³-hybridized carbons (Fsp3) is 0.647. The predicted octanol–water partition coefficient (Wildman–Crippen LogP) is 1.93. The summed E-state index contributed by atoms with van der Waals surface area (Å²) in [4.78, 5) is 24.9. The van der Waals surface area contributed by atoms with E-state index in [1.165, 1.54) is 11.3 Å². The van der Waals surface area contributed by atoms with Gasteiger partial charge in [0.1, 0.15) is 0 Å². The summed E-state index contributed by atoms with van der Waals surface area (Å²) in [5, 5.41) is 22.6. The van der Waals surface area contributed by atoms with Crippen molar-refractivity contribution in [1.29, 1.82) is 0 Å². The zero-order chi connectivity index (χ0) is 18.5. The summed E-state index contributed by atoms with van der Waals surface area (Å²) in [6, 6.07) is 1.84. The molecule has 0 saturated carbocycles. The number of aromatic nitrogens is 2. The van der Waals surface area contributed by atoms with Crippen LogP contribution in [0.15, 0.2) is 6.07 Å². The molecule has 3 fully saturated rings. The van der Waals surface area contributed by atoms with E-state index in [0.29, 0.717) is 37.5 Å². The van der Waals surface area contributed by atoms with E-state index in [1.54, 1.807) is 6.07 Å². The largest absolute Gasteiger partial charge is 0.393 e. The Morgan fingerprint density at radius 1 is 1.22 bits per heavy atom. The Morgan fingerprint density at radius 2 is 1.93 bits per heavy atom. The first-order valence-corrected chi connectivity index (χ1v) is 10.2. The molecule has 2 bridgehead atoms. The van der Waals surface area contributed by atoms with Gasteiger partial charge >= 0.3 is 5.69 Å². The van der Waals surface area contributed by atoms with Gasteiger partial charge in [0.05, 0.1) is 28.9 Å². The van der Waals surface area contributed by atoms with E-state index in [0.717, 1.165) is 35.8 Å². The molecule has 9 nitrogen and oxygen atoms in total. The van der Waals surface area contributed by atoms with Crippen molar-refractivity contribution in [2.24, 2.45) is 0 Å². The van der Waals surface area contributed by atoms with Crippen molar-refractivity contribution in [3.8, 4) is 0 Å². The summed E-state index contributed by atoms with van der Waals surface area (Å²) >= 11 is 1.44. The summed E-state index contributed by atoms with van der Waals surface area (Å²) in [5.74, 6) is 0.408. The number of rotatable bonds is 3. The average molecular weight is 391 g/mol. The van der Waals surface area contributed by atoms with Crippen LogP contribution in [-0.4, -0.2) is 64.5 Å². The van der Waals surface area contributed by atoms with Gasteiger partial charge in [-0.2, -0.15) is 4.98 Å². The Morgan fingerprint density at radius 3 is 2.59 bits per heavy atom. The van der Waals surface area contributed by atoms with Gasteiger partial charge in [0.25, 0.3) is 0 Å². The van der Waals surface area contributed by atoms with Crippen LogP contribution in [0.3, 0.4) is 0 Å². The molecule has 27 heavy (non-hydrogen) atoms. The number of ether oxygens (including phenoxy) is 1. The highest BCUT2D eigenvalue weighted by atomic mass is 32.1. The zero-order valence-corrected chi connectivity index (χ0v) is 15.6. The van der Waals surface area contributed by atoms with E-state index in [1.807, 2.05) is 0 Å². The number of nitro groups is 1. The van der Waals surface area contributed by atoms with Crippen molar-refractivity contribution in [3.63, 3.8) is 0 Å². The van der Waals surface area contributed by atoms with Gasteiger partial charge in [0, 0.05) is 31.2 Å². The molecule has 3 aliphatic heterocycles. The molecule has 5 heterocycles. The predicted molar refractivity (Wildman–Crippen MR) is 102 cm³/mol. The molecule has 3 aliphatic rings. The van der Waals surface area contributed by atoms with Crippen molar-refractivity contribution >= 4 is 38.3 Å². The van der Waals surface area contributed by atoms with Crippen molar-refractivity contribution in [2.45, 2.75) is 43.9 Å². The van der Waals surface area contributed by atoms with Gasteiger partial charge in [-0.1, -0.05) is 11.3 Å². The topological polar surface area (TPSA) is 105 Å². The number of pyridine rings is 1. The molecule has 1 N–H and O–H groups in total. The molecule has 0 amide bonds. The fourth-order valence-electron chi connectivity index (χ4n) is 4.54. The molecular formula is C17H21N5O4S. The van der Waals surface area contributed by atoms with Gasteiger partial charge in [-0.05, 0) is 25.7 Å². The van der Waals surface area contributed by atoms with Gasteiger partial charge in [-0.25, -0.2) is 4.98 Å². The number of anilines is 2. The van der Waals surface area contributed by atoms with Crippen LogP contribution >= 0.6 is 11.3 Å². The van der Waals surface area contributed by atoms with Crippen LogP contribution in [0.25, 0.3) is 10.3 Å². The summed E-state index contributed by atoms with van der Waals surface area (Å²) in [5.41, 5.74) is 0.598. The van der Waals surface area contributed by atoms with Crippen LogP contribution in [-0.2, 0) is 4.74 Å². The minimum Gasteiger partial charge on any atom is -0.393 e. The molecule has 2 aromatic heterocycles. The molecule has 144 valence electrons. The molecule has 0 spiro atoms.